The molecule has 4 aromatic rings. The van der Waals surface area contributed by atoms with Crippen LogP contribution in [0.4, 0.5) is 14.9 Å². The van der Waals surface area contributed by atoms with Crippen molar-refractivity contribution < 1.29 is 23.5 Å². The summed E-state index contributed by atoms with van der Waals surface area (Å²) in [5, 5.41) is 3.96. The lowest BCUT2D eigenvalue weighted by Gasteiger charge is -2.26. The van der Waals surface area contributed by atoms with Gasteiger partial charge in [-0.2, -0.15) is 0 Å². The first-order valence-electron chi connectivity index (χ1n) is 11.8. The highest BCUT2D eigenvalue weighted by Crippen LogP contribution is 2.30. The van der Waals surface area contributed by atoms with Gasteiger partial charge < -0.3 is 4.74 Å². The van der Waals surface area contributed by atoms with E-state index in [-0.39, 0.29) is 17.8 Å². The maximum Gasteiger partial charge on any atom is 0.335 e. The molecule has 1 aliphatic rings. The molecule has 0 saturated carbocycles. The minimum atomic E-state index is -0.833. The van der Waals surface area contributed by atoms with Crippen molar-refractivity contribution in [2.24, 2.45) is 0 Å². The molecule has 37 heavy (non-hydrogen) atoms. The van der Waals surface area contributed by atoms with E-state index in [4.69, 9.17) is 4.74 Å². The molecular formula is C30H23FN2O4. The van der Waals surface area contributed by atoms with Gasteiger partial charge in [-0.3, -0.25) is 14.9 Å². The third kappa shape index (κ3) is 4.71. The Kier molecular flexibility index (Phi) is 6.51. The van der Waals surface area contributed by atoms with Crippen LogP contribution in [0.1, 0.15) is 23.6 Å². The maximum atomic E-state index is 14.5. The van der Waals surface area contributed by atoms with Crippen LogP contribution in [0.25, 0.3) is 16.8 Å². The SMILES string of the molecule is CCOc1ccc(N2C(=O)NC(=O)/C(=C\c3c(Cc4ccccc4F)ccc4ccccc34)C2=O)cc1. The monoisotopic (exact) mass is 494 g/mol. The zero-order valence-electron chi connectivity index (χ0n) is 20.0. The molecule has 0 spiro atoms. The molecule has 4 amide bonds. The summed E-state index contributed by atoms with van der Waals surface area (Å²) in [6.45, 7) is 2.33. The standard InChI is InChI=1S/C30H23FN2O4/c1-2-37-23-15-13-22(14-16-23)33-29(35)26(28(34)32-30(33)36)18-25-20(17-21-8-4-6-10-27(21)31)12-11-19-7-3-5-9-24(19)25/h3-16,18H,2,17H2,1H3,(H,32,34,36)/b26-18+. The number of hydrogen-bond donors (Lipinski definition) is 1. The van der Waals surface area contributed by atoms with E-state index in [1.54, 1.807) is 42.5 Å². The van der Waals surface area contributed by atoms with E-state index in [1.165, 1.54) is 12.1 Å². The van der Waals surface area contributed by atoms with E-state index in [2.05, 4.69) is 5.32 Å². The number of imide groups is 2. The van der Waals surface area contributed by atoms with Gasteiger partial charge in [0, 0.05) is 6.42 Å². The van der Waals surface area contributed by atoms with Gasteiger partial charge in [0.2, 0.25) is 0 Å². The fourth-order valence-corrected chi connectivity index (χ4v) is 4.41. The Morgan fingerprint density at radius 1 is 0.865 bits per heavy atom. The molecule has 0 unspecified atom stereocenters. The van der Waals surface area contributed by atoms with Gasteiger partial charge >= 0.3 is 6.03 Å². The van der Waals surface area contributed by atoms with Gasteiger partial charge in [0.25, 0.3) is 11.8 Å². The maximum absolute atomic E-state index is 14.5. The second kappa shape index (κ2) is 10.1. The lowest BCUT2D eigenvalue weighted by molar-refractivity contribution is -0.122. The number of rotatable bonds is 6. The van der Waals surface area contributed by atoms with E-state index in [9.17, 15) is 18.8 Å². The van der Waals surface area contributed by atoms with Crippen molar-refractivity contribution in [3.63, 3.8) is 0 Å². The van der Waals surface area contributed by atoms with Gasteiger partial charge in [-0.15, -0.1) is 0 Å². The number of carbonyl (C=O) groups is 3. The number of fused-ring (bicyclic) bond motifs is 1. The summed E-state index contributed by atoms with van der Waals surface area (Å²) >= 11 is 0. The molecule has 0 radical (unpaired) electrons. The van der Waals surface area contributed by atoms with E-state index < -0.39 is 17.8 Å². The molecule has 1 saturated heterocycles. The predicted molar refractivity (Wildman–Crippen MR) is 140 cm³/mol. The summed E-state index contributed by atoms with van der Waals surface area (Å²) < 4.78 is 19.9. The molecule has 0 aromatic heterocycles. The number of amides is 4. The Morgan fingerprint density at radius 2 is 1.59 bits per heavy atom. The van der Waals surface area contributed by atoms with E-state index in [0.29, 0.717) is 29.2 Å². The second-order valence-electron chi connectivity index (χ2n) is 8.51. The van der Waals surface area contributed by atoms with Crippen LogP contribution in [-0.2, 0) is 16.0 Å². The van der Waals surface area contributed by atoms with Crippen molar-refractivity contribution >= 4 is 40.4 Å². The van der Waals surface area contributed by atoms with Crippen molar-refractivity contribution in [1.82, 2.24) is 5.32 Å². The first-order chi connectivity index (χ1) is 18.0. The summed E-state index contributed by atoms with van der Waals surface area (Å²) in [7, 11) is 0. The van der Waals surface area contributed by atoms with Gasteiger partial charge in [-0.1, -0.05) is 54.6 Å². The highest BCUT2D eigenvalue weighted by molar-refractivity contribution is 6.39. The molecule has 0 bridgehead atoms. The molecular weight excluding hydrogens is 471 g/mol. The smallest absolute Gasteiger partial charge is 0.335 e. The molecule has 0 atom stereocenters. The molecule has 1 aliphatic heterocycles. The summed E-state index contributed by atoms with van der Waals surface area (Å²) in [6.07, 6.45) is 1.75. The number of carbonyl (C=O) groups excluding carboxylic acids is 3. The van der Waals surface area contributed by atoms with Crippen molar-refractivity contribution in [1.29, 1.82) is 0 Å². The van der Waals surface area contributed by atoms with E-state index in [0.717, 1.165) is 21.2 Å². The largest absolute Gasteiger partial charge is 0.494 e. The fourth-order valence-electron chi connectivity index (χ4n) is 4.41. The van der Waals surface area contributed by atoms with Crippen molar-refractivity contribution in [3.05, 3.63) is 113 Å². The number of ether oxygens (including phenoxy) is 1. The quantitative estimate of drug-likeness (QED) is 0.278. The Morgan fingerprint density at radius 3 is 2.35 bits per heavy atom. The number of halogens is 1. The number of benzene rings is 4. The third-order valence-corrected chi connectivity index (χ3v) is 6.20. The molecule has 184 valence electrons. The Bertz CT molecular complexity index is 1560. The topological polar surface area (TPSA) is 75.7 Å². The molecule has 5 rings (SSSR count). The minimum Gasteiger partial charge on any atom is -0.494 e. The Balaban J connectivity index is 1.60. The number of nitrogens with zero attached hydrogens (tertiary/aromatic N) is 1. The average molecular weight is 495 g/mol. The lowest BCUT2D eigenvalue weighted by Crippen LogP contribution is -2.54. The van der Waals surface area contributed by atoms with Crippen LogP contribution in [0.3, 0.4) is 0 Å². The van der Waals surface area contributed by atoms with Crippen LogP contribution in [0.2, 0.25) is 0 Å². The van der Waals surface area contributed by atoms with E-state index >= 15 is 0 Å². The number of barbiturate groups is 1. The minimum absolute atomic E-state index is 0.195. The first-order valence-corrected chi connectivity index (χ1v) is 11.8. The summed E-state index contributed by atoms with van der Waals surface area (Å²) in [4.78, 5) is 40.0. The lowest BCUT2D eigenvalue weighted by atomic mass is 9.92. The number of anilines is 1. The number of hydrogen-bond acceptors (Lipinski definition) is 4. The van der Waals surface area contributed by atoms with Crippen molar-refractivity contribution in [2.45, 2.75) is 13.3 Å². The van der Waals surface area contributed by atoms with Crippen molar-refractivity contribution in [2.75, 3.05) is 11.5 Å². The number of nitrogens with one attached hydrogen (secondary N) is 1. The first kappa shape index (κ1) is 23.9. The molecule has 6 nitrogen and oxygen atoms in total. The third-order valence-electron chi connectivity index (χ3n) is 6.20. The van der Waals surface area contributed by atoms with Gasteiger partial charge in [0.05, 0.1) is 12.3 Å². The summed E-state index contributed by atoms with van der Waals surface area (Å²) in [5.74, 6) is -1.28. The number of urea groups is 1. The van der Waals surface area contributed by atoms with Crippen LogP contribution in [0, 0.1) is 5.82 Å². The molecule has 7 heteroatoms. The van der Waals surface area contributed by atoms with E-state index in [1.807, 2.05) is 43.3 Å². The van der Waals surface area contributed by atoms with Crippen LogP contribution in [0.5, 0.6) is 5.75 Å². The molecule has 0 aliphatic carbocycles. The Labute approximate surface area is 213 Å². The second-order valence-corrected chi connectivity index (χ2v) is 8.51. The highest BCUT2D eigenvalue weighted by atomic mass is 19.1. The summed E-state index contributed by atoms with van der Waals surface area (Å²) in [6, 6.07) is 23.4. The molecule has 1 N–H and O–H groups in total. The average Bonchev–Trinajstić information content (AvgIpc) is 2.89. The normalized spacial score (nSPS) is 14.8. The molecule has 4 aromatic carbocycles. The van der Waals surface area contributed by atoms with Crippen LogP contribution < -0.4 is 15.0 Å². The van der Waals surface area contributed by atoms with Gasteiger partial charge in [0.1, 0.15) is 17.1 Å². The van der Waals surface area contributed by atoms with Gasteiger partial charge in [-0.25, -0.2) is 14.1 Å². The van der Waals surface area contributed by atoms with Crippen LogP contribution >= 0.6 is 0 Å². The van der Waals surface area contributed by atoms with Gasteiger partial charge in [-0.05, 0) is 70.8 Å². The van der Waals surface area contributed by atoms with Gasteiger partial charge in [0.15, 0.2) is 0 Å². The summed E-state index contributed by atoms with van der Waals surface area (Å²) in [5.41, 5.74) is 1.94. The zero-order valence-corrected chi connectivity index (χ0v) is 20.0. The molecule has 1 heterocycles. The van der Waals surface area contributed by atoms with Crippen LogP contribution in [-0.4, -0.2) is 24.5 Å². The highest BCUT2D eigenvalue weighted by Gasteiger charge is 2.37. The Hall–Kier alpha value is -4.78. The zero-order chi connectivity index (χ0) is 25.9. The fraction of sp³-hybridized carbons (Fsp3) is 0.100. The molecule has 1 fully saturated rings. The van der Waals surface area contributed by atoms with Crippen LogP contribution in [0.15, 0.2) is 90.5 Å². The van der Waals surface area contributed by atoms with Crippen molar-refractivity contribution in [3.8, 4) is 5.75 Å². The predicted octanol–water partition coefficient (Wildman–Crippen LogP) is 5.63.